The average Bonchev–Trinajstić information content (AvgIpc) is 3.03. The van der Waals surface area contributed by atoms with Crippen LogP contribution in [0.3, 0.4) is 0 Å². The van der Waals surface area contributed by atoms with Crippen molar-refractivity contribution in [2.24, 2.45) is 4.99 Å². The molecule has 1 aliphatic heterocycles. The highest BCUT2D eigenvalue weighted by Gasteiger charge is 2.40. The van der Waals surface area contributed by atoms with E-state index in [4.69, 9.17) is 0 Å². The zero-order valence-corrected chi connectivity index (χ0v) is 16.2. The minimum absolute atomic E-state index is 0. The maximum atomic E-state index is 12.8. The summed E-state index contributed by atoms with van der Waals surface area (Å²) in [6.45, 7) is 4.47. The van der Waals surface area contributed by atoms with E-state index in [-0.39, 0.29) is 24.0 Å². The second kappa shape index (κ2) is 9.44. The summed E-state index contributed by atoms with van der Waals surface area (Å²) in [5, 5.41) is 3.24. The quantitative estimate of drug-likeness (QED) is 0.422. The Kier molecular flexibility index (Phi) is 8.27. The largest absolute Gasteiger partial charge is 0.403 e. The van der Waals surface area contributed by atoms with Crippen LogP contribution < -0.4 is 5.32 Å². The van der Waals surface area contributed by atoms with Crippen LogP contribution in [0.25, 0.3) is 0 Å². The number of guanidine groups is 1. The number of nitrogens with one attached hydrogen (secondary N) is 1. The van der Waals surface area contributed by atoms with Crippen LogP contribution in [0.4, 0.5) is 13.2 Å². The molecule has 24 heavy (non-hydrogen) atoms. The molecule has 0 bridgehead atoms. The maximum Gasteiger partial charge on any atom is 0.403 e. The van der Waals surface area contributed by atoms with E-state index in [0.29, 0.717) is 32.7 Å². The lowest BCUT2D eigenvalue weighted by molar-refractivity contribution is -0.181. The van der Waals surface area contributed by atoms with Gasteiger partial charge in [-0.2, -0.15) is 13.2 Å². The van der Waals surface area contributed by atoms with Gasteiger partial charge in [0.25, 0.3) is 0 Å². The van der Waals surface area contributed by atoms with E-state index in [0.717, 1.165) is 12.5 Å². The Morgan fingerprint density at radius 1 is 1.29 bits per heavy atom. The van der Waals surface area contributed by atoms with Gasteiger partial charge in [-0.15, -0.1) is 24.0 Å². The van der Waals surface area contributed by atoms with E-state index in [1.165, 1.54) is 11.8 Å². The molecule has 10 heteroatoms. The van der Waals surface area contributed by atoms with Crippen molar-refractivity contribution >= 4 is 29.9 Å². The van der Waals surface area contributed by atoms with E-state index in [1.807, 2.05) is 15.7 Å². The maximum absolute atomic E-state index is 12.8. The van der Waals surface area contributed by atoms with Gasteiger partial charge >= 0.3 is 6.18 Å². The van der Waals surface area contributed by atoms with E-state index < -0.39 is 12.2 Å². The zero-order chi connectivity index (χ0) is 16.9. The van der Waals surface area contributed by atoms with Crippen LogP contribution in [-0.4, -0.2) is 77.3 Å². The predicted molar refractivity (Wildman–Crippen MR) is 97.7 cm³/mol. The fourth-order valence-electron chi connectivity index (χ4n) is 2.58. The number of hydrogen-bond donors (Lipinski definition) is 1. The number of hydrogen-bond acceptors (Lipinski definition) is 3. The van der Waals surface area contributed by atoms with Gasteiger partial charge in [0.05, 0.1) is 6.33 Å². The Morgan fingerprint density at radius 2 is 1.96 bits per heavy atom. The van der Waals surface area contributed by atoms with Crippen molar-refractivity contribution in [2.75, 3.05) is 39.8 Å². The lowest BCUT2D eigenvalue weighted by Gasteiger charge is -2.39. The number of imidazole rings is 1. The number of nitrogens with zero attached hydrogens (tertiary/aromatic N) is 5. The smallest absolute Gasteiger partial charge is 0.354 e. The molecule has 2 rings (SSSR count). The van der Waals surface area contributed by atoms with Gasteiger partial charge in [0.15, 0.2) is 5.96 Å². The van der Waals surface area contributed by atoms with Gasteiger partial charge in [0.1, 0.15) is 6.04 Å². The molecule has 1 aliphatic rings. The van der Waals surface area contributed by atoms with Crippen LogP contribution in [0, 0.1) is 0 Å². The van der Waals surface area contributed by atoms with Gasteiger partial charge in [-0.05, 0) is 6.92 Å². The molecule has 1 N–H and O–H groups in total. The van der Waals surface area contributed by atoms with Crippen molar-refractivity contribution in [3.8, 4) is 0 Å². The fourth-order valence-corrected chi connectivity index (χ4v) is 2.58. The Bertz CT molecular complexity index is 497. The highest BCUT2D eigenvalue weighted by atomic mass is 127. The highest BCUT2D eigenvalue weighted by Crippen LogP contribution is 2.25. The van der Waals surface area contributed by atoms with Crippen LogP contribution in [-0.2, 0) is 6.54 Å². The number of alkyl halides is 3. The first-order chi connectivity index (χ1) is 10.9. The topological polar surface area (TPSA) is 48.7 Å². The first kappa shape index (κ1) is 21.0. The molecule has 1 atom stereocenters. The van der Waals surface area contributed by atoms with E-state index in [1.54, 1.807) is 19.6 Å². The van der Waals surface area contributed by atoms with Crippen molar-refractivity contribution in [1.82, 2.24) is 24.7 Å². The third kappa shape index (κ3) is 5.80. The molecule has 0 saturated carbocycles. The number of halogens is 4. The van der Waals surface area contributed by atoms with Crippen LogP contribution in [0.15, 0.2) is 23.7 Å². The van der Waals surface area contributed by atoms with Gasteiger partial charge < -0.3 is 14.8 Å². The van der Waals surface area contributed by atoms with E-state index in [2.05, 4.69) is 15.3 Å². The third-order valence-corrected chi connectivity index (χ3v) is 4.06. The first-order valence-corrected chi connectivity index (χ1v) is 7.64. The normalized spacial score (nSPS) is 18.2. The second-order valence-electron chi connectivity index (χ2n) is 5.52. The minimum atomic E-state index is -4.17. The molecule has 1 fully saturated rings. The third-order valence-electron chi connectivity index (χ3n) is 4.06. The molecular formula is C14H24F3IN6. The van der Waals surface area contributed by atoms with Crippen molar-refractivity contribution in [3.05, 3.63) is 18.7 Å². The summed E-state index contributed by atoms with van der Waals surface area (Å²) in [6.07, 6.45) is 1.16. The van der Waals surface area contributed by atoms with Crippen LogP contribution >= 0.6 is 24.0 Å². The van der Waals surface area contributed by atoms with Gasteiger partial charge in [-0.25, -0.2) is 4.98 Å². The summed E-state index contributed by atoms with van der Waals surface area (Å²) >= 11 is 0. The zero-order valence-electron chi connectivity index (χ0n) is 13.8. The molecule has 0 radical (unpaired) electrons. The Balaban J connectivity index is 0.00000288. The molecule has 0 spiro atoms. The van der Waals surface area contributed by atoms with Gasteiger partial charge in [-0.1, -0.05) is 0 Å². The second-order valence-corrected chi connectivity index (χ2v) is 5.52. The van der Waals surface area contributed by atoms with E-state index >= 15 is 0 Å². The van der Waals surface area contributed by atoms with Crippen molar-refractivity contribution in [3.63, 3.8) is 0 Å². The van der Waals surface area contributed by atoms with Crippen LogP contribution in [0.2, 0.25) is 0 Å². The summed E-state index contributed by atoms with van der Waals surface area (Å²) in [6, 6.07) is -1.40. The molecule has 0 amide bonds. The predicted octanol–water partition coefficient (Wildman–Crippen LogP) is 1.64. The number of rotatable bonds is 4. The molecule has 2 heterocycles. The monoisotopic (exact) mass is 460 g/mol. The molecule has 0 aromatic carbocycles. The van der Waals surface area contributed by atoms with Gasteiger partial charge in [0.2, 0.25) is 0 Å². The molecule has 1 aromatic rings. The SMILES string of the molecule is CN=C(NCCn1ccnc1)N1CCN(C(C)C(F)(F)F)CC1.I. The average molecular weight is 460 g/mol. The Labute approximate surface area is 157 Å². The lowest BCUT2D eigenvalue weighted by atomic mass is 10.2. The highest BCUT2D eigenvalue weighted by molar-refractivity contribution is 14.0. The summed E-state index contributed by atoms with van der Waals surface area (Å²) in [5.41, 5.74) is 0. The van der Waals surface area contributed by atoms with Gasteiger partial charge in [-0.3, -0.25) is 9.89 Å². The minimum Gasteiger partial charge on any atom is -0.354 e. The Morgan fingerprint density at radius 3 is 2.46 bits per heavy atom. The summed E-state index contributed by atoms with van der Waals surface area (Å²) in [7, 11) is 1.68. The van der Waals surface area contributed by atoms with Crippen molar-refractivity contribution in [1.29, 1.82) is 0 Å². The number of aliphatic imine (C=N–C) groups is 1. The Hall–Kier alpha value is -1.04. The lowest BCUT2D eigenvalue weighted by Crippen LogP contribution is -2.56. The summed E-state index contributed by atoms with van der Waals surface area (Å²) in [4.78, 5) is 11.6. The molecule has 6 nitrogen and oxygen atoms in total. The summed E-state index contributed by atoms with van der Waals surface area (Å²) < 4.78 is 40.2. The van der Waals surface area contributed by atoms with Crippen LogP contribution in [0.5, 0.6) is 0 Å². The first-order valence-electron chi connectivity index (χ1n) is 7.64. The summed E-state index contributed by atoms with van der Waals surface area (Å²) in [5.74, 6) is 0.726. The molecule has 1 saturated heterocycles. The van der Waals surface area contributed by atoms with Gasteiger partial charge in [0, 0.05) is 58.7 Å². The van der Waals surface area contributed by atoms with Crippen molar-refractivity contribution in [2.45, 2.75) is 25.7 Å². The van der Waals surface area contributed by atoms with Crippen molar-refractivity contribution < 1.29 is 13.2 Å². The standard InChI is InChI=1S/C14H23F3N6.HI/c1-12(14(15,16)17)22-7-9-23(10-8-22)13(18-2)20-4-6-21-5-3-19-11-21;/h3,5,11-12H,4,6-10H2,1-2H3,(H,18,20);1H. The number of aromatic nitrogens is 2. The molecule has 0 aliphatic carbocycles. The molecule has 138 valence electrons. The fraction of sp³-hybridized carbons (Fsp3) is 0.714. The molecular weight excluding hydrogens is 436 g/mol. The number of piperazine rings is 1. The van der Waals surface area contributed by atoms with Crippen LogP contribution in [0.1, 0.15) is 6.92 Å². The van der Waals surface area contributed by atoms with E-state index in [9.17, 15) is 13.2 Å². The molecule has 1 aromatic heterocycles. The molecule has 1 unspecified atom stereocenters.